The number of anilines is 2. The first kappa shape index (κ1) is 22.0. The van der Waals surface area contributed by atoms with Crippen LogP contribution in [0.4, 0.5) is 22.0 Å². The van der Waals surface area contributed by atoms with Gasteiger partial charge < -0.3 is 10.1 Å². The number of nitrogens with zero attached hydrogens (tertiary/aromatic N) is 2. The van der Waals surface area contributed by atoms with Crippen LogP contribution in [0.2, 0.25) is 5.02 Å². The number of hydrogen-bond acceptors (Lipinski definition) is 4. The summed E-state index contributed by atoms with van der Waals surface area (Å²) < 4.78 is 5.30. The van der Waals surface area contributed by atoms with Crippen LogP contribution in [0.1, 0.15) is 5.56 Å². The predicted molar refractivity (Wildman–Crippen MR) is 121 cm³/mol. The van der Waals surface area contributed by atoms with Gasteiger partial charge in [0.15, 0.2) is 0 Å². The van der Waals surface area contributed by atoms with Gasteiger partial charge in [0.1, 0.15) is 5.75 Å². The van der Waals surface area contributed by atoms with Crippen molar-refractivity contribution in [3.05, 3.63) is 71.4 Å². The molecule has 9 heteroatoms. The molecule has 4 N–H and O–H groups in total. The van der Waals surface area contributed by atoms with E-state index in [1.54, 1.807) is 43.6 Å². The lowest BCUT2D eigenvalue weighted by molar-refractivity contribution is -0.825. The number of halogens is 1. The third-order valence-corrected chi connectivity index (χ3v) is 5.15. The molecule has 0 aliphatic carbocycles. The van der Waals surface area contributed by atoms with Gasteiger partial charge in [-0.2, -0.15) is 5.48 Å². The van der Waals surface area contributed by atoms with Crippen molar-refractivity contribution in [2.75, 3.05) is 18.6 Å². The topological polar surface area (TPSA) is 91.3 Å². The number of amides is 2. The molecule has 3 aromatic rings. The number of quaternary nitrogens is 1. The van der Waals surface area contributed by atoms with Gasteiger partial charge in [-0.05, 0) is 48.4 Å². The summed E-state index contributed by atoms with van der Waals surface area (Å²) in [5.41, 5.74) is 3.00. The molecule has 0 aliphatic rings. The summed E-state index contributed by atoms with van der Waals surface area (Å²) in [6.07, 6.45) is 2.22. The molecule has 1 aromatic heterocycles. The first-order valence-electron chi connectivity index (χ1n) is 9.22. The van der Waals surface area contributed by atoms with Crippen molar-refractivity contribution in [3.8, 4) is 5.75 Å². The fourth-order valence-electron chi connectivity index (χ4n) is 2.94. The Kier molecular flexibility index (Phi) is 7.60. The van der Waals surface area contributed by atoms with Gasteiger partial charge in [0.2, 0.25) is 11.5 Å². The van der Waals surface area contributed by atoms with Crippen LogP contribution in [0.5, 0.6) is 5.75 Å². The minimum Gasteiger partial charge on any atom is -0.496 e. The number of hydrogen-bond donors (Lipinski definition) is 3. The smallest absolute Gasteiger partial charge is 0.327 e. The summed E-state index contributed by atoms with van der Waals surface area (Å²) in [6, 6.07) is 15.8. The molecule has 7 nitrogen and oxygen atoms in total. The molecule has 1 atom stereocenters. The lowest BCUT2D eigenvalue weighted by atomic mass is 10.1. The molecule has 1 heterocycles. The van der Waals surface area contributed by atoms with E-state index >= 15 is 0 Å². The van der Waals surface area contributed by atoms with Crippen molar-refractivity contribution < 1.29 is 20.2 Å². The molecular formula is C21H23ClN4O3P+. The van der Waals surface area contributed by atoms with Gasteiger partial charge in [-0.1, -0.05) is 23.7 Å². The summed E-state index contributed by atoms with van der Waals surface area (Å²) >= 11 is 5.92. The summed E-state index contributed by atoms with van der Waals surface area (Å²) in [5, 5.41) is 14.0. The third kappa shape index (κ3) is 5.26. The summed E-state index contributed by atoms with van der Waals surface area (Å²) in [4.78, 5) is 18.9. The van der Waals surface area contributed by atoms with Crippen LogP contribution in [0.15, 0.2) is 60.8 Å². The number of methoxy groups -OCH3 is 1. The van der Waals surface area contributed by atoms with Gasteiger partial charge in [-0.25, -0.2) is 19.9 Å². The number of carbonyl (C=O) groups is 1. The van der Waals surface area contributed by atoms with E-state index < -0.39 is 0 Å². The highest BCUT2D eigenvalue weighted by Gasteiger charge is 2.24. The maximum absolute atomic E-state index is 13.1. The minimum absolute atomic E-state index is 0.318. The average Bonchev–Trinajstić information content (AvgIpc) is 2.76. The van der Waals surface area contributed by atoms with Crippen LogP contribution in [-0.2, 0) is 6.42 Å². The Bertz CT molecular complexity index is 1020. The summed E-state index contributed by atoms with van der Waals surface area (Å²) in [7, 11) is 4.17. The first-order chi connectivity index (χ1) is 14.5. The van der Waals surface area contributed by atoms with E-state index in [0.29, 0.717) is 40.9 Å². The molecule has 0 aliphatic heterocycles. The van der Waals surface area contributed by atoms with Crippen LogP contribution < -0.4 is 25.7 Å². The second-order valence-corrected chi connectivity index (χ2v) is 7.47. The SMILES string of the molecule is COc1ccc(N(C(=O)NCCc2ccc(Cl)cc2)c2ncccc2[NH2+]O)cc1P. The number of urea groups is 1. The zero-order chi connectivity index (χ0) is 21.5. The van der Waals surface area contributed by atoms with Crippen molar-refractivity contribution in [2.24, 2.45) is 0 Å². The maximum atomic E-state index is 13.1. The Labute approximate surface area is 182 Å². The molecule has 3 rings (SSSR count). The summed E-state index contributed by atoms with van der Waals surface area (Å²) in [5.74, 6) is 1.00. The molecule has 156 valence electrons. The van der Waals surface area contributed by atoms with Crippen molar-refractivity contribution in [1.29, 1.82) is 0 Å². The predicted octanol–water partition coefficient (Wildman–Crippen LogP) is 2.92. The maximum Gasteiger partial charge on any atom is 0.327 e. The minimum atomic E-state index is -0.361. The number of aromatic nitrogens is 1. The highest BCUT2D eigenvalue weighted by atomic mass is 35.5. The molecule has 0 fully saturated rings. The Morgan fingerprint density at radius 2 is 2.03 bits per heavy atom. The standard InChI is InChI=1S/C21H22ClN4O3P/c1-29-18-9-8-16(13-19(18)30)26(20-17(25-28)3-2-11-23-20)21(27)24-12-10-14-4-6-15(22)7-5-14/h2-9,11,13,25,28H,10,12,30H2,1H3,(H,24,27)/p+1. The lowest BCUT2D eigenvalue weighted by Crippen LogP contribution is -2.74. The molecule has 1 unspecified atom stereocenters. The molecular weight excluding hydrogens is 423 g/mol. The normalized spacial score (nSPS) is 10.5. The van der Waals surface area contributed by atoms with Crippen molar-refractivity contribution in [1.82, 2.24) is 10.3 Å². The fraction of sp³-hybridized carbons (Fsp3) is 0.143. The van der Waals surface area contributed by atoms with E-state index in [1.165, 1.54) is 4.90 Å². The number of nitrogens with two attached hydrogens (primary N) is 1. The van der Waals surface area contributed by atoms with Crippen molar-refractivity contribution >= 4 is 49.4 Å². The molecule has 30 heavy (non-hydrogen) atoms. The zero-order valence-electron chi connectivity index (χ0n) is 16.4. The Morgan fingerprint density at radius 1 is 1.27 bits per heavy atom. The zero-order valence-corrected chi connectivity index (χ0v) is 18.3. The first-order valence-corrected chi connectivity index (χ1v) is 10.2. The van der Waals surface area contributed by atoms with Crippen LogP contribution in [0.3, 0.4) is 0 Å². The number of pyridine rings is 1. The fourth-order valence-corrected chi connectivity index (χ4v) is 3.45. The van der Waals surface area contributed by atoms with E-state index in [2.05, 4.69) is 19.5 Å². The van der Waals surface area contributed by atoms with Crippen molar-refractivity contribution in [3.63, 3.8) is 0 Å². The van der Waals surface area contributed by atoms with E-state index in [0.717, 1.165) is 16.3 Å². The van der Waals surface area contributed by atoms with Gasteiger partial charge in [0, 0.05) is 29.1 Å². The van der Waals surface area contributed by atoms with Crippen LogP contribution in [0.25, 0.3) is 0 Å². The Hall–Kier alpha value is -2.70. The van der Waals surface area contributed by atoms with Gasteiger partial charge in [0.05, 0.1) is 12.8 Å². The number of nitrogens with one attached hydrogen (secondary N) is 1. The number of rotatable bonds is 7. The highest BCUT2D eigenvalue weighted by molar-refractivity contribution is 7.27. The molecule has 0 spiro atoms. The van der Waals surface area contributed by atoms with Crippen LogP contribution in [0, 0.1) is 0 Å². The monoisotopic (exact) mass is 445 g/mol. The molecule has 2 aromatic carbocycles. The second-order valence-electron chi connectivity index (χ2n) is 6.42. The number of ether oxygens (including phenoxy) is 1. The second kappa shape index (κ2) is 10.4. The van der Waals surface area contributed by atoms with E-state index in [4.69, 9.17) is 16.3 Å². The molecule has 0 radical (unpaired) electrons. The number of benzene rings is 2. The van der Waals surface area contributed by atoms with Crippen molar-refractivity contribution in [2.45, 2.75) is 6.42 Å². The average molecular weight is 446 g/mol. The number of carbonyl (C=O) groups excluding carboxylic acids is 1. The van der Waals surface area contributed by atoms with E-state index in [-0.39, 0.29) is 6.03 Å². The quantitative estimate of drug-likeness (QED) is 0.385. The van der Waals surface area contributed by atoms with Crippen LogP contribution in [-0.4, -0.2) is 29.9 Å². The summed E-state index contributed by atoms with van der Waals surface area (Å²) in [6.45, 7) is 0.422. The van der Waals surface area contributed by atoms with Crippen LogP contribution >= 0.6 is 20.8 Å². The Balaban J connectivity index is 1.86. The molecule has 0 bridgehead atoms. The van der Waals surface area contributed by atoms with Gasteiger partial charge in [0.25, 0.3) is 0 Å². The third-order valence-electron chi connectivity index (χ3n) is 4.45. The lowest BCUT2D eigenvalue weighted by Gasteiger charge is -2.23. The van der Waals surface area contributed by atoms with Gasteiger partial charge in [-0.3, -0.25) is 0 Å². The molecule has 2 amide bonds. The largest absolute Gasteiger partial charge is 0.496 e. The van der Waals surface area contributed by atoms with E-state index in [9.17, 15) is 10.0 Å². The molecule has 0 saturated heterocycles. The van der Waals surface area contributed by atoms with Gasteiger partial charge in [-0.15, -0.1) is 9.24 Å². The van der Waals surface area contributed by atoms with E-state index in [1.807, 2.05) is 24.3 Å². The highest BCUT2D eigenvalue weighted by Crippen LogP contribution is 2.29. The molecule has 0 saturated carbocycles. The van der Waals surface area contributed by atoms with Gasteiger partial charge >= 0.3 is 6.03 Å². The Morgan fingerprint density at radius 3 is 2.70 bits per heavy atom.